The van der Waals surface area contributed by atoms with Crippen LogP contribution in [-0.2, 0) is 20.7 Å². The molecule has 0 saturated carbocycles. The van der Waals surface area contributed by atoms with Crippen LogP contribution in [0, 0.1) is 0 Å². The van der Waals surface area contributed by atoms with Crippen molar-refractivity contribution < 1.29 is 14.3 Å². The number of thiazole rings is 1. The number of hydrogen-bond acceptors (Lipinski definition) is 5. The highest BCUT2D eigenvalue weighted by atomic mass is 32.1. The highest BCUT2D eigenvalue weighted by molar-refractivity contribution is 7.13. The van der Waals surface area contributed by atoms with E-state index in [1.807, 2.05) is 29.6 Å². The third-order valence-electron chi connectivity index (χ3n) is 3.17. The predicted octanol–water partition coefficient (Wildman–Crippen LogP) is 2.46. The normalized spacial score (nSPS) is 10.4. The number of anilines is 1. The molecule has 1 aromatic carbocycles. The van der Waals surface area contributed by atoms with Crippen LogP contribution in [0.5, 0.6) is 0 Å². The van der Waals surface area contributed by atoms with Gasteiger partial charge in [0, 0.05) is 43.8 Å². The first kappa shape index (κ1) is 18.1. The molecule has 0 aliphatic heterocycles. The summed E-state index contributed by atoms with van der Waals surface area (Å²) in [5, 5.41) is 8.30. The number of amides is 2. The first-order valence-corrected chi connectivity index (χ1v) is 8.54. The Hall–Kier alpha value is -2.25. The van der Waals surface area contributed by atoms with Gasteiger partial charge in [0.05, 0.1) is 12.1 Å². The molecule has 2 rings (SSSR count). The molecule has 0 radical (unpaired) electrons. The van der Waals surface area contributed by atoms with Crippen LogP contribution in [0.2, 0.25) is 0 Å². The van der Waals surface area contributed by atoms with Crippen LogP contribution in [0.1, 0.15) is 19.0 Å². The molecule has 0 fully saturated rings. The minimum Gasteiger partial charge on any atom is -0.385 e. The van der Waals surface area contributed by atoms with Crippen LogP contribution >= 0.6 is 11.3 Å². The molecule has 0 atom stereocenters. The summed E-state index contributed by atoms with van der Waals surface area (Å²) in [7, 11) is 1.64. The fourth-order valence-electron chi connectivity index (χ4n) is 2.13. The van der Waals surface area contributed by atoms with Crippen molar-refractivity contribution in [2.24, 2.45) is 0 Å². The van der Waals surface area contributed by atoms with E-state index in [-0.39, 0.29) is 18.2 Å². The molecule has 1 aromatic heterocycles. The fourth-order valence-corrected chi connectivity index (χ4v) is 2.94. The van der Waals surface area contributed by atoms with Gasteiger partial charge in [0.25, 0.3) is 0 Å². The van der Waals surface area contributed by atoms with E-state index in [1.165, 1.54) is 18.3 Å². The maximum atomic E-state index is 11.9. The van der Waals surface area contributed by atoms with E-state index in [9.17, 15) is 9.59 Å². The number of carbonyl (C=O) groups is 2. The van der Waals surface area contributed by atoms with E-state index in [2.05, 4.69) is 15.6 Å². The third kappa shape index (κ3) is 5.75. The quantitative estimate of drug-likeness (QED) is 0.719. The number of rotatable bonds is 8. The zero-order chi connectivity index (χ0) is 17.4. The first-order chi connectivity index (χ1) is 11.6. The number of benzene rings is 1. The lowest BCUT2D eigenvalue weighted by Gasteiger charge is -2.04. The van der Waals surface area contributed by atoms with Gasteiger partial charge in [0.1, 0.15) is 5.01 Å². The maximum absolute atomic E-state index is 11.9. The summed E-state index contributed by atoms with van der Waals surface area (Å²) < 4.78 is 4.94. The Balaban J connectivity index is 1.95. The summed E-state index contributed by atoms with van der Waals surface area (Å²) in [5.41, 5.74) is 2.38. The summed E-state index contributed by atoms with van der Waals surface area (Å²) in [5.74, 6) is -0.160. The SMILES string of the molecule is COCCCNC(=O)Cc1csc(-c2cccc(NC(C)=O)c2)n1. The second-order valence-corrected chi connectivity index (χ2v) is 6.14. The third-order valence-corrected chi connectivity index (χ3v) is 4.11. The Bertz CT molecular complexity index is 700. The van der Waals surface area contributed by atoms with Gasteiger partial charge in [-0.2, -0.15) is 0 Å². The summed E-state index contributed by atoms with van der Waals surface area (Å²) in [4.78, 5) is 27.5. The molecule has 1 heterocycles. The molecule has 0 saturated heterocycles. The van der Waals surface area contributed by atoms with Gasteiger partial charge in [-0.25, -0.2) is 4.98 Å². The molecule has 24 heavy (non-hydrogen) atoms. The summed E-state index contributed by atoms with van der Waals surface area (Å²) in [6.45, 7) is 2.70. The van der Waals surface area contributed by atoms with E-state index in [1.54, 1.807) is 7.11 Å². The van der Waals surface area contributed by atoms with E-state index in [4.69, 9.17) is 4.74 Å². The number of aromatic nitrogens is 1. The molecule has 0 aliphatic rings. The predicted molar refractivity (Wildman–Crippen MR) is 95.1 cm³/mol. The van der Waals surface area contributed by atoms with E-state index in [0.717, 1.165) is 28.4 Å². The lowest BCUT2D eigenvalue weighted by Crippen LogP contribution is -2.26. The zero-order valence-corrected chi connectivity index (χ0v) is 14.6. The molecule has 6 nitrogen and oxygen atoms in total. The molecule has 7 heteroatoms. The van der Waals surface area contributed by atoms with Crippen molar-refractivity contribution in [3.63, 3.8) is 0 Å². The minimum atomic E-state index is -0.114. The van der Waals surface area contributed by atoms with Crippen molar-refractivity contribution in [3.05, 3.63) is 35.3 Å². The van der Waals surface area contributed by atoms with Gasteiger partial charge in [-0.3, -0.25) is 9.59 Å². The fraction of sp³-hybridized carbons (Fsp3) is 0.353. The summed E-state index contributed by atoms with van der Waals surface area (Å²) in [6, 6.07) is 7.49. The van der Waals surface area contributed by atoms with Crippen molar-refractivity contribution in [1.29, 1.82) is 0 Å². The average molecular weight is 347 g/mol. The molecular formula is C17H21N3O3S. The monoisotopic (exact) mass is 347 g/mol. The largest absolute Gasteiger partial charge is 0.385 e. The lowest BCUT2D eigenvalue weighted by atomic mass is 10.2. The van der Waals surface area contributed by atoms with Crippen LogP contribution in [0.3, 0.4) is 0 Å². The minimum absolute atomic E-state index is 0.0463. The number of nitrogens with one attached hydrogen (secondary N) is 2. The molecule has 128 valence electrons. The molecule has 2 amide bonds. The number of hydrogen-bond donors (Lipinski definition) is 2. The summed E-state index contributed by atoms with van der Waals surface area (Å²) >= 11 is 1.48. The molecule has 0 aliphatic carbocycles. The molecule has 2 N–H and O–H groups in total. The second-order valence-electron chi connectivity index (χ2n) is 5.28. The number of ether oxygens (including phenoxy) is 1. The molecule has 0 bridgehead atoms. The van der Waals surface area contributed by atoms with Crippen molar-refractivity contribution in [3.8, 4) is 10.6 Å². The maximum Gasteiger partial charge on any atom is 0.226 e. The van der Waals surface area contributed by atoms with Gasteiger partial charge in [-0.1, -0.05) is 12.1 Å². The van der Waals surface area contributed by atoms with Crippen LogP contribution < -0.4 is 10.6 Å². The van der Waals surface area contributed by atoms with Crippen molar-refractivity contribution in [2.75, 3.05) is 25.6 Å². The highest BCUT2D eigenvalue weighted by Crippen LogP contribution is 2.26. The Kier molecular flexibility index (Phi) is 6.89. The highest BCUT2D eigenvalue weighted by Gasteiger charge is 2.09. The van der Waals surface area contributed by atoms with Gasteiger partial charge in [0.15, 0.2) is 0 Å². The smallest absolute Gasteiger partial charge is 0.226 e. The van der Waals surface area contributed by atoms with Crippen LogP contribution in [0.15, 0.2) is 29.6 Å². The van der Waals surface area contributed by atoms with Gasteiger partial charge >= 0.3 is 0 Å². The Morgan fingerprint density at radius 2 is 2.17 bits per heavy atom. The number of carbonyl (C=O) groups excluding carboxylic acids is 2. The Morgan fingerprint density at radius 3 is 2.92 bits per heavy atom. The molecule has 2 aromatic rings. The average Bonchev–Trinajstić information content (AvgIpc) is 3.00. The van der Waals surface area contributed by atoms with Crippen molar-refractivity contribution in [1.82, 2.24) is 10.3 Å². The molecule has 0 unspecified atom stereocenters. The van der Waals surface area contributed by atoms with Crippen LogP contribution in [-0.4, -0.2) is 37.1 Å². The van der Waals surface area contributed by atoms with E-state index < -0.39 is 0 Å². The lowest BCUT2D eigenvalue weighted by molar-refractivity contribution is -0.120. The topological polar surface area (TPSA) is 80.3 Å². The van der Waals surface area contributed by atoms with Crippen molar-refractivity contribution in [2.45, 2.75) is 19.8 Å². The van der Waals surface area contributed by atoms with E-state index in [0.29, 0.717) is 13.2 Å². The second kappa shape index (κ2) is 9.14. The molecule has 0 spiro atoms. The zero-order valence-electron chi connectivity index (χ0n) is 13.8. The Morgan fingerprint density at radius 1 is 1.33 bits per heavy atom. The van der Waals surface area contributed by atoms with Gasteiger partial charge in [0.2, 0.25) is 11.8 Å². The van der Waals surface area contributed by atoms with Gasteiger partial charge in [-0.15, -0.1) is 11.3 Å². The van der Waals surface area contributed by atoms with Crippen LogP contribution in [0.25, 0.3) is 10.6 Å². The van der Waals surface area contributed by atoms with Gasteiger partial charge < -0.3 is 15.4 Å². The Labute approximate surface area is 145 Å². The van der Waals surface area contributed by atoms with Crippen molar-refractivity contribution >= 4 is 28.8 Å². The number of methoxy groups -OCH3 is 1. The van der Waals surface area contributed by atoms with Gasteiger partial charge in [-0.05, 0) is 18.6 Å². The van der Waals surface area contributed by atoms with Crippen LogP contribution in [0.4, 0.5) is 5.69 Å². The number of nitrogens with zero attached hydrogens (tertiary/aromatic N) is 1. The van der Waals surface area contributed by atoms with E-state index >= 15 is 0 Å². The summed E-state index contributed by atoms with van der Waals surface area (Å²) in [6.07, 6.45) is 1.05. The standard InChI is InChI=1S/C17H21N3O3S/c1-12(21)19-14-6-3-5-13(9-14)17-20-15(11-24-17)10-16(22)18-7-4-8-23-2/h3,5-6,9,11H,4,7-8,10H2,1-2H3,(H,18,22)(H,19,21). The molecular weight excluding hydrogens is 326 g/mol. The first-order valence-electron chi connectivity index (χ1n) is 7.66.